The Balaban J connectivity index is 1.91. The maximum Gasteiger partial charge on any atom is 0.0247 e. The summed E-state index contributed by atoms with van der Waals surface area (Å²) in [4.78, 5) is 5.28. The molecule has 19 heavy (non-hydrogen) atoms. The van der Waals surface area contributed by atoms with Gasteiger partial charge in [0.25, 0.3) is 0 Å². The number of hydrogen-bond donors (Lipinski definition) is 1. The molecule has 0 aromatic heterocycles. The summed E-state index contributed by atoms with van der Waals surface area (Å²) in [5.41, 5.74) is 6.13. The Morgan fingerprint density at radius 2 is 1.79 bits per heavy atom. The van der Waals surface area contributed by atoms with Gasteiger partial charge in [0.2, 0.25) is 0 Å². The van der Waals surface area contributed by atoms with Crippen molar-refractivity contribution < 1.29 is 0 Å². The summed E-state index contributed by atoms with van der Waals surface area (Å²) in [6.07, 6.45) is 5.61. The van der Waals surface area contributed by atoms with Crippen LogP contribution in [0.1, 0.15) is 46.5 Å². The van der Waals surface area contributed by atoms with Crippen LogP contribution in [-0.4, -0.2) is 54.6 Å². The number of piperazine rings is 1. The molecule has 2 unspecified atom stereocenters. The number of nitrogens with zero attached hydrogens (tertiary/aromatic N) is 2. The second kappa shape index (κ2) is 7.05. The highest BCUT2D eigenvalue weighted by Gasteiger charge is 2.33. The average Bonchev–Trinajstić information content (AvgIpc) is 2.42. The number of nitrogens with two attached hydrogens (primary N) is 1. The first kappa shape index (κ1) is 15.3. The Kier molecular flexibility index (Phi) is 5.67. The lowest BCUT2D eigenvalue weighted by atomic mass is 9.78. The lowest BCUT2D eigenvalue weighted by Gasteiger charge is -2.46. The third kappa shape index (κ3) is 3.71. The predicted molar refractivity (Wildman–Crippen MR) is 82.2 cm³/mol. The number of hydrogen-bond acceptors (Lipinski definition) is 3. The number of likely N-dealkylation sites (N-methyl/N-ethyl adjacent to an activating group) is 1. The third-order valence-electron chi connectivity index (χ3n) is 5.52. The van der Waals surface area contributed by atoms with E-state index in [2.05, 4.69) is 30.6 Å². The molecule has 1 saturated heterocycles. The molecule has 0 spiro atoms. The summed E-state index contributed by atoms with van der Waals surface area (Å²) in [5, 5.41) is 0. The van der Waals surface area contributed by atoms with E-state index in [1.54, 1.807) is 0 Å². The summed E-state index contributed by atoms with van der Waals surface area (Å²) in [6, 6.07) is 1.32. The van der Waals surface area contributed by atoms with Gasteiger partial charge in [-0.25, -0.2) is 0 Å². The van der Waals surface area contributed by atoms with E-state index in [1.165, 1.54) is 51.9 Å². The van der Waals surface area contributed by atoms with Crippen LogP contribution >= 0.6 is 0 Å². The molecule has 3 heteroatoms. The summed E-state index contributed by atoms with van der Waals surface area (Å²) >= 11 is 0. The molecule has 0 bridgehead atoms. The first-order valence-electron chi connectivity index (χ1n) is 8.33. The van der Waals surface area contributed by atoms with Gasteiger partial charge in [-0.15, -0.1) is 0 Å². The summed E-state index contributed by atoms with van der Waals surface area (Å²) < 4.78 is 0. The fourth-order valence-electron chi connectivity index (χ4n) is 4.10. The SMILES string of the molecule is CCN1CCN(C(CN)C2CCC(C)CC2)CC1C. The van der Waals surface area contributed by atoms with Crippen molar-refractivity contribution in [2.24, 2.45) is 17.6 Å². The smallest absolute Gasteiger partial charge is 0.0247 e. The molecule has 0 radical (unpaired) electrons. The number of rotatable bonds is 4. The standard InChI is InChI=1S/C16H33N3/c1-4-18-9-10-19(12-14(18)3)16(11-17)15-7-5-13(2)6-8-15/h13-16H,4-12,17H2,1-3H3. The van der Waals surface area contributed by atoms with Crippen LogP contribution in [0, 0.1) is 11.8 Å². The Hall–Kier alpha value is -0.120. The lowest BCUT2D eigenvalue weighted by molar-refractivity contribution is 0.0309. The van der Waals surface area contributed by atoms with Crippen molar-refractivity contribution in [1.82, 2.24) is 9.80 Å². The van der Waals surface area contributed by atoms with E-state index in [1.807, 2.05) is 0 Å². The van der Waals surface area contributed by atoms with Crippen LogP contribution in [0.25, 0.3) is 0 Å². The predicted octanol–water partition coefficient (Wildman–Crippen LogP) is 2.17. The summed E-state index contributed by atoms with van der Waals surface area (Å²) in [7, 11) is 0. The van der Waals surface area contributed by atoms with Crippen LogP contribution in [0.4, 0.5) is 0 Å². The summed E-state index contributed by atoms with van der Waals surface area (Å²) in [5.74, 6) is 1.78. The first-order valence-corrected chi connectivity index (χ1v) is 8.33. The van der Waals surface area contributed by atoms with E-state index in [4.69, 9.17) is 5.73 Å². The van der Waals surface area contributed by atoms with Gasteiger partial charge >= 0.3 is 0 Å². The molecule has 1 saturated carbocycles. The van der Waals surface area contributed by atoms with Gasteiger partial charge in [0.1, 0.15) is 0 Å². The average molecular weight is 267 g/mol. The van der Waals surface area contributed by atoms with E-state index in [0.717, 1.165) is 18.4 Å². The van der Waals surface area contributed by atoms with Crippen LogP contribution in [0.3, 0.4) is 0 Å². The second-order valence-electron chi connectivity index (χ2n) is 6.80. The maximum atomic E-state index is 6.13. The maximum absolute atomic E-state index is 6.13. The zero-order valence-electron chi connectivity index (χ0n) is 13.1. The van der Waals surface area contributed by atoms with Gasteiger partial charge in [-0.2, -0.15) is 0 Å². The lowest BCUT2D eigenvalue weighted by Crippen LogP contribution is -2.58. The molecule has 2 rings (SSSR count). The van der Waals surface area contributed by atoms with Crippen molar-refractivity contribution in [2.75, 3.05) is 32.7 Å². The van der Waals surface area contributed by atoms with Gasteiger partial charge in [-0.05, 0) is 38.1 Å². The van der Waals surface area contributed by atoms with Crippen LogP contribution in [-0.2, 0) is 0 Å². The zero-order chi connectivity index (χ0) is 13.8. The second-order valence-corrected chi connectivity index (χ2v) is 6.80. The molecular weight excluding hydrogens is 234 g/mol. The van der Waals surface area contributed by atoms with E-state index < -0.39 is 0 Å². The monoisotopic (exact) mass is 267 g/mol. The molecular formula is C16H33N3. The van der Waals surface area contributed by atoms with Crippen molar-refractivity contribution in [1.29, 1.82) is 0 Å². The van der Waals surface area contributed by atoms with Crippen molar-refractivity contribution in [3.05, 3.63) is 0 Å². The molecule has 112 valence electrons. The molecule has 2 atom stereocenters. The summed E-state index contributed by atoms with van der Waals surface area (Å²) in [6.45, 7) is 12.7. The molecule has 2 aliphatic rings. The normalized spacial score (nSPS) is 36.3. The zero-order valence-corrected chi connectivity index (χ0v) is 13.1. The van der Waals surface area contributed by atoms with E-state index in [9.17, 15) is 0 Å². The molecule has 1 aliphatic heterocycles. The largest absolute Gasteiger partial charge is 0.329 e. The molecule has 1 aliphatic carbocycles. The Bertz CT molecular complexity index is 261. The highest BCUT2D eigenvalue weighted by Crippen LogP contribution is 2.32. The van der Waals surface area contributed by atoms with E-state index >= 15 is 0 Å². The van der Waals surface area contributed by atoms with Crippen molar-refractivity contribution in [3.63, 3.8) is 0 Å². The molecule has 1 heterocycles. The van der Waals surface area contributed by atoms with Gasteiger partial charge in [-0.1, -0.05) is 26.7 Å². The first-order chi connectivity index (χ1) is 9.15. The molecule has 2 fully saturated rings. The Morgan fingerprint density at radius 1 is 1.11 bits per heavy atom. The molecule has 0 aromatic carbocycles. The van der Waals surface area contributed by atoms with Gasteiger partial charge in [0.05, 0.1) is 0 Å². The molecule has 0 amide bonds. The Labute approximate surface area is 119 Å². The van der Waals surface area contributed by atoms with Crippen LogP contribution in [0.15, 0.2) is 0 Å². The minimum atomic E-state index is 0.633. The van der Waals surface area contributed by atoms with Crippen molar-refractivity contribution in [2.45, 2.75) is 58.5 Å². The molecule has 0 aromatic rings. The van der Waals surface area contributed by atoms with Crippen molar-refractivity contribution in [3.8, 4) is 0 Å². The topological polar surface area (TPSA) is 32.5 Å². The van der Waals surface area contributed by atoms with Gasteiger partial charge in [0.15, 0.2) is 0 Å². The van der Waals surface area contributed by atoms with Gasteiger partial charge in [-0.3, -0.25) is 9.80 Å². The minimum absolute atomic E-state index is 0.633. The van der Waals surface area contributed by atoms with Crippen molar-refractivity contribution >= 4 is 0 Å². The molecule has 2 N–H and O–H groups in total. The fraction of sp³-hybridized carbons (Fsp3) is 1.00. The highest BCUT2D eigenvalue weighted by atomic mass is 15.3. The molecule has 3 nitrogen and oxygen atoms in total. The van der Waals surface area contributed by atoms with E-state index in [-0.39, 0.29) is 0 Å². The van der Waals surface area contributed by atoms with Gasteiger partial charge in [0, 0.05) is 38.3 Å². The van der Waals surface area contributed by atoms with Crippen LogP contribution in [0.2, 0.25) is 0 Å². The Morgan fingerprint density at radius 3 is 2.32 bits per heavy atom. The van der Waals surface area contributed by atoms with E-state index in [0.29, 0.717) is 12.1 Å². The van der Waals surface area contributed by atoms with Crippen LogP contribution in [0.5, 0.6) is 0 Å². The highest BCUT2D eigenvalue weighted by molar-refractivity contribution is 4.88. The fourth-order valence-corrected chi connectivity index (χ4v) is 4.10. The minimum Gasteiger partial charge on any atom is -0.329 e. The third-order valence-corrected chi connectivity index (χ3v) is 5.52. The van der Waals surface area contributed by atoms with Gasteiger partial charge < -0.3 is 5.73 Å². The quantitative estimate of drug-likeness (QED) is 0.847. The van der Waals surface area contributed by atoms with Crippen LogP contribution < -0.4 is 5.73 Å².